The second-order valence-corrected chi connectivity index (χ2v) is 3.67. The lowest BCUT2D eigenvalue weighted by Gasteiger charge is -2.10. The zero-order chi connectivity index (χ0) is 11.5. The van der Waals surface area contributed by atoms with Crippen LogP contribution in [-0.2, 0) is 0 Å². The van der Waals surface area contributed by atoms with Gasteiger partial charge in [0.25, 0.3) is 0 Å². The lowest BCUT2D eigenvalue weighted by Crippen LogP contribution is -1.90. The van der Waals surface area contributed by atoms with E-state index in [2.05, 4.69) is 0 Å². The molecular weight excluding hydrogens is 200 g/mol. The van der Waals surface area contributed by atoms with Gasteiger partial charge < -0.3 is 5.11 Å². The molecule has 0 atom stereocenters. The molecule has 1 N–H and O–H groups in total. The Morgan fingerprint density at radius 1 is 1.06 bits per heavy atom. The van der Waals surface area contributed by atoms with E-state index in [1.54, 1.807) is 18.2 Å². The first-order valence-corrected chi connectivity index (χ1v) is 5.07. The Balaban J connectivity index is 2.72. The molecule has 2 aromatic carbocycles. The lowest BCUT2D eigenvalue weighted by atomic mass is 9.96. The molecule has 0 amide bonds. The van der Waals surface area contributed by atoms with Crippen molar-refractivity contribution in [2.24, 2.45) is 0 Å². The first-order chi connectivity index (χ1) is 7.74. The number of carbonyl (C=O) groups is 1. The van der Waals surface area contributed by atoms with Crippen molar-refractivity contribution in [3.05, 3.63) is 53.6 Å². The van der Waals surface area contributed by atoms with Gasteiger partial charge >= 0.3 is 0 Å². The van der Waals surface area contributed by atoms with Crippen LogP contribution in [0, 0.1) is 6.92 Å². The summed E-state index contributed by atoms with van der Waals surface area (Å²) in [4.78, 5) is 10.9. The van der Waals surface area contributed by atoms with E-state index >= 15 is 0 Å². The smallest absolute Gasteiger partial charge is 0.150 e. The van der Waals surface area contributed by atoms with Crippen LogP contribution in [-0.4, -0.2) is 11.4 Å². The van der Waals surface area contributed by atoms with Crippen LogP contribution in [0.15, 0.2) is 42.5 Å². The summed E-state index contributed by atoms with van der Waals surface area (Å²) in [5, 5.41) is 9.85. The van der Waals surface area contributed by atoms with Crippen molar-refractivity contribution in [2.75, 3.05) is 0 Å². The Morgan fingerprint density at radius 2 is 1.81 bits per heavy atom. The second-order valence-electron chi connectivity index (χ2n) is 3.67. The van der Waals surface area contributed by atoms with Gasteiger partial charge in [-0.15, -0.1) is 0 Å². The van der Waals surface area contributed by atoms with Gasteiger partial charge in [-0.25, -0.2) is 0 Å². The fourth-order valence-electron chi connectivity index (χ4n) is 1.83. The van der Waals surface area contributed by atoms with E-state index in [0.717, 1.165) is 23.0 Å². The highest BCUT2D eigenvalue weighted by Gasteiger charge is 2.10. The Morgan fingerprint density at radius 3 is 2.50 bits per heavy atom. The number of aldehydes is 1. The van der Waals surface area contributed by atoms with E-state index in [1.807, 2.05) is 31.2 Å². The molecule has 0 spiro atoms. The number of carbonyl (C=O) groups excluding carboxylic acids is 1. The van der Waals surface area contributed by atoms with E-state index < -0.39 is 0 Å². The van der Waals surface area contributed by atoms with Crippen LogP contribution in [0.25, 0.3) is 11.1 Å². The number of hydrogen-bond acceptors (Lipinski definition) is 2. The summed E-state index contributed by atoms with van der Waals surface area (Å²) < 4.78 is 0. The van der Waals surface area contributed by atoms with Crippen molar-refractivity contribution in [3.8, 4) is 16.9 Å². The van der Waals surface area contributed by atoms with Crippen LogP contribution in [0.4, 0.5) is 0 Å². The van der Waals surface area contributed by atoms with Crippen LogP contribution in [0.2, 0.25) is 0 Å². The number of aryl methyl sites for hydroxylation is 1. The minimum Gasteiger partial charge on any atom is -0.507 e. The van der Waals surface area contributed by atoms with Crippen LogP contribution >= 0.6 is 0 Å². The number of phenols is 1. The quantitative estimate of drug-likeness (QED) is 0.776. The molecule has 0 radical (unpaired) electrons. The topological polar surface area (TPSA) is 37.3 Å². The van der Waals surface area contributed by atoms with Gasteiger partial charge in [-0.1, -0.05) is 36.4 Å². The minimum absolute atomic E-state index is 0.203. The van der Waals surface area contributed by atoms with Crippen molar-refractivity contribution in [1.82, 2.24) is 0 Å². The molecule has 0 aromatic heterocycles. The number of phenolic OH excluding ortho intramolecular Hbond substituents is 1. The molecule has 0 saturated carbocycles. The highest BCUT2D eigenvalue weighted by atomic mass is 16.3. The molecular formula is C14H12O2. The standard InChI is InChI=1S/C14H12O2/c1-10-5-4-8-13(16)14(10)12-7-3-2-6-11(12)9-15/h2-9,16H,1H3. The van der Waals surface area contributed by atoms with Crippen molar-refractivity contribution < 1.29 is 9.90 Å². The van der Waals surface area contributed by atoms with E-state index in [0.29, 0.717) is 5.56 Å². The maximum absolute atomic E-state index is 10.9. The minimum atomic E-state index is 0.203. The third kappa shape index (κ3) is 1.70. The summed E-state index contributed by atoms with van der Waals surface area (Å²) in [5.41, 5.74) is 3.04. The molecule has 0 bridgehead atoms. The fraction of sp³-hybridized carbons (Fsp3) is 0.0714. The predicted molar refractivity (Wildman–Crippen MR) is 63.7 cm³/mol. The summed E-state index contributed by atoms with van der Waals surface area (Å²) in [5.74, 6) is 0.203. The van der Waals surface area contributed by atoms with Gasteiger partial charge in [0.05, 0.1) is 0 Å². The van der Waals surface area contributed by atoms with Crippen LogP contribution < -0.4 is 0 Å². The summed E-state index contributed by atoms with van der Waals surface area (Å²) in [6, 6.07) is 12.6. The zero-order valence-corrected chi connectivity index (χ0v) is 8.97. The zero-order valence-electron chi connectivity index (χ0n) is 8.97. The van der Waals surface area contributed by atoms with E-state index in [4.69, 9.17) is 0 Å². The first-order valence-electron chi connectivity index (χ1n) is 5.07. The molecule has 0 unspecified atom stereocenters. The SMILES string of the molecule is Cc1cccc(O)c1-c1ccccc1C=O. The highest BCUT2D eigenvalue weighted by Crippen LogP contribution is 2.33. The predicted octanol–water partition coefficient (Wildman–Crippen LogP) is 3.18. The Kier molecular flexibility index (Phi) is 2.73. The van der Waals surface area contributed by atoms with E-state index in [9.17, 15) is 9.90 Å². The number of aromatic hydroxyl groups is 1. The average molecular weight is 212 g/mol. The van der Waals surface area contributed by atoms with Gasteiger partial charge in [0.2, 0.25) is 0 Å². The van der Waals surface area contributed by atoms with Gasteiger partial charge in [-0.05, 0) is 24.1 Å². The van der Waals surface area contributed by atoms with Gasteiger partial charge in [0, 0.05) is 11.1 Å². The van der Waals surface area contributed by atoms with E-state index in [1.165, 1.54) is 0 Å². The maximum atomic E-state index is 10.9. The molecule has 2 rings (SSSR count). The molecule has 2 aromatic rings. The Labute approximate surface area is 94.2 Å². The average Bonchev–Trinajstić information content (AvgIpc) is 2.29. The largest absolute Gasteiger partial charge is 0.507 e. The Hall–Kier alpha value is -2.09. The van der Waals surface area contributed by atoms with Crippen molar-refractivity contribution in [2.45, 2.75) is 6.92 Å². The van der Waals surface area contributed by atoms with Crippen LogP contribution in [0.3, 0.4) is 0 Å². The van der Waals surface area contributed by atoms with Crippen LogP contribution in [0.1, 0.15) is 15.9 Å². The highest BCUT2D eigenvalue weighted by molar-refractivity contribution is 5.90. The Bertz CT molecular complexity index is 510. The molecule has 0 aliphatic heterocycles. The van der Waals surface area contributed by atoms with Crippen molar-refractivity contribution in [1.29, 1.82) is 0 Å². The third-order valence-electron chi connectivity index (χ3n) is 2.61. The first kappa shape index (κ1) is 10.4. The molecule has 80 valence electrons. The monoisotopic (exact) mass is 212 g/mol. The second kappa shape index (κ2) is 4.19. The van der Waals surface area contributed by atoms with Gasteiger partial charge in [0.1, 0.15) is 5.75 Å². The lowest BCUT2D eigenvalue weighted by molar-refractivity contribution is 0.112. The van der Waals surface area contributed by atoms with Crippen molar-refractivity contribution in [3.63, 3.8) is 0 Å². The van der Waals surface area contributed by atoms with Crippen molar-refractivity contribution >= 4 is 6.29 Å². The molecule has 2 heteroatoms. The molecule has 2 nitrogen and oxygen atoms in total. The number of benzene rings is 2. The molecule has 0 heterocycles. The molecule has 0 aliphatic carbocycles. The third-order valence-corrected chi connectivity index (χ3v) is 2.61. The molecule has 16 heavy (non-hydrogen) atoms. The normalized spacial score (nSPS) is 10.1. The molecule has 0 aliphatic rings. The fourth-order valence-corrected chi connectivity index (χ4v) is 1.83. The van der Waals surface area contributed by atoms with E-state index in [-0.39, 0.29) is 5.75 Å². The molecule has 0 saturated heterocycles. The van der Waals surface area contributed by atoms with Gasteiger partial charge in [0.15, 0.2) is 6.29 Å². The van der Waals surface area contributed by atoms with Crippen LogP contribution in [0.5, 0.6) is 5.75 Å². The van der Waals surface area contributed by atoms with Gasteiger partial charge in [-0.3, -0.25) is 4.79 Å². The summed E-state index contributed by atoms with van der Waals surface area (Å²) in [6.07, 6.45) is 0.807. The number of rotatable bonds is 2. The molecule has 0 fully saturated rings. The van der Waals surface area contributed by atoms with Gasteiger partial charge in [-0.2, -0.15) is 0 Å². The number of hydrogen-bond donors (Lipinski definition) is 1. The summed E-state index contributed by atoms with van der Waals surface area (Å²) >= 11 is 0. The summed E-state index contributed by atoms with van der Waals surface area (Å²) in [6.45, 7) is 1.91. The summed E-state index contributed by atoms with van der Waals surface area (Å²) in [7, 11) is 0. The maximum Gasteiger partial charge on any atom is 0.150 e.